The van der Waals surface area contributed by atoms with Gasteiger partial charge in [0.05, 0.1) is 41.6 Å². The lowest BCUT2D eigenvalue weighted by Crippen LogP contribution is -2.19. The molecule has 0 unspecified atom stereocenters. The van der Waals surface area contributed by atoms with Gasteiger partial charge in [-0.3, -0.25) is 14.2 Å². The molecule has 0 heterocycles. The number of hydrogen-bond acceptors (Lipinski definition) is 7. The number of methoxy groups -OCH3 is 1. The van der Waals surface area contributed by atoms with Gasteiger partial charge >= 0.3 is 0 Å². The molecule has 0 spiro atoms. The standard InChI is InChI=1S/C18H25N3O7S3/c1-11-9-12(2)18(13(3)17(11)21-30(6,24)25)31(26,27)19-14-7-8-15(16(10-14)28-4)20-29(5,22)23/h7-10,19-21H,1-6H3. The molecule has 0 amide bonds. The van der Waals surface area contributed by atoms with Crippen molar-refractivity contribution in [3.8, 4) is 5.75 Å². The van der Waals surface area contributed by atoms with Gasteiger partial charge in [0, 0.05) is 6.07 Å². The first-order chi connectivity index (χ1) is 14.0. The minimum absolute atomic E-state index is 0.0680. The van der Waals surface area contributed by atoms with Crippen molar-refractivity contribution in [2.24, 2.45) is 0 Å². The Labute approximate surface area is 183 Å². The van der Waals surface area contributed by atoms with Gasteiger partial charge in [0.1, 0.15) is 5.75 Å². The smallest absolute Gasteiger partial charge is 0.262 e. The molecule has 2 aromatic carbocycles. The maximum absolute atomic E-state index is 13.1. The second kappa shape index (κ2) is 8.55. The van der Waals surface area contributed by atoms with Crippen LogP contribution in [0.25, 0.3) is 0 Å². The van der Waals surface area contributed by atoms with Crippen LogP contribution in [0, 0.1) is 20.8 Å². The molecule has 2 aromatic rings. The van der Waals surface area contributed by atoms with E-state index in [0.717, 1.165) is 12.5 Å². The van der Waals surface area contributed by atoms with Crippen molar-refractivity contribution in [1.29, 1.82) is 0 Å². The van der Waals surface area contributed by atoms with Gasteiger partial charge in [-0.2, -0.15) is 0 Å². The highest BCUT2D eigenvalue weighted by atomic mass is 32.2. The predicted molar refractivity (Wildman–Crippen MR) is 121 cm³/mol. The molecular weight excluding hydrogens is 466 g/mol. The fraction of sp³-hybridized carbons (Fsp3) is 0.333. The predicted octanol–water partition coefficient (Wildman–Crippen LogP) is 2.16. The summed E-state index contributed by atoms with van der Waals surface area (Å²) in [5, 5.41) is 0. The van der Waals surface area contributed by atoms with Crippen LogP contribution in [-0.2, 0) is 30.1 Å². The van der Waals surface area contributed by atoms with Gasteiger partial charge in [-0.15, -0.1) is 0 Å². The van der Waals surface area contributed by atoms with E-state index in [1.165, 1.54) is 32.2 Å². The quantitative estimate of drug-likeness (QED) is 0.512. The van der Waals surface area contributed by atoms with Crippen LogP contribution in [0.5, 0.6) is 5.75 Å². The number of nitrogens with one attached hydrogen (secondary N) is 3. The minimum atomic E-state index is -4.12. The molecule has 0 saturated heterocycles. The Morgan fingerprint density at radius 1 is 0.774 bits per heavy atom. The summed E-state index contributed by atoms with van der Waals surface area (Å²) in [4.78, 5) is -0.0680. The molecule has 0 radical (unpaired) electrons. The van der Waals surface area contributed by atoms with E-state index in [2.05, 4.69) is 14.2 Å². The first-order valence-electron chi connectivity index (χ1n) is 8.81. The average molecular weight is 492 g/mol. The van der Waals surface area contributed by atoms with E-state index in [0.29, 0.717) is 11.1 Å². The molecule has 13 heteroatoms. The number of anilines is 3. The van der Waals surface area contributed by atoms with Crippen molar-refractivity contribution in [3.63, 3.8) is 0 Å². The minimum Gasteiger partial charge on any atom is -0.494 e. The lowest BCUT2D eigenvalue weighted by Gasteiger charge is -2.19. The molecule has 10 nitrogen and oxygen atoms in total. The molecular formula is C18H25N3O7S3. The molecule has 31 heavy (non-hydrogen) atoms. The van der Waals surface area contributed by atoms with Crippen molar-refractivity contribution < 1.29 is 30.0 Å². The first kappa shape index (κ1) is 24.8. The van der Waals surface area contributed by atoms with E-state index in [9.17, 15) is 25.3 Å². The highest BCUT2D eigenvalue weighted by Crippen LogP contribution is 2.34. The summed E-state index contributed by atoms with van der Waals surface area (Å²) in [6.07, 6.45) is 1.96. The highest BCUT2D eigenvalue weighted by Gasteiger charge is 2.24. The lowest BCUT2D eigenvalue weighted by atomic mass is 10.1. The molecule has 0 aliphatic heterocycles. The van der Waals surface area contributed by atoms with Gasteiger partial charge in [-0.1, -0.05) is 6.07 Å². The average Bonchev–Trinajstić information content (AvgIpc) is 2.57. The van der Waals surface area contributed by atoms with Crippen molar-refractivity contribution in [2.75, 3.05) is 33.8 Å². The molecule has 0 aliphatic rings. The van der Waals surface area contributed by atoms with Gasteiger partial charge in [0.25, 0.3) is 10.0 Å². The van der Waals surface area contributed by atoms with Gasteiger partial charge in [-0.25, -0.2) is 25.3 Å². The number of sulfonamides is 3. The van der Waals surface area contributed by atoms with Crippen LogP contribution in [0.15, 0.2) is 29.2 Å². The number of hydrogen-bond donors (Lipinski definition) is 3. The van der Waals surface area contributed by atoms with Crippen LogP contribution in [-0.4, -0.2) is 44.9 Å². The number of rotatable bonds is 8. The normalized spacial score (nSPS) is 12.3. The van der Waals surface area contributed by atoms with Crippen LogP contribution < -0.4 is 18.9 Å². The van der Waals surface area contributed by atoms with E-state index in [4.69, 9.17) is 4.74 Å². The molecule has 2 rings (SSSR count). The van der Waals surface area contributed by atoms with Crippen LogP contribution >= 0.6 is 0 Å². The SMILES string of the molecule is COc1cc(NS(=O)(=O)c2c(C)cc(C)c(NS(C)(=O)=O)c2C)ccc1NS(C)(=O)=O. The van der Waals surface area contributed by atoms with Crippen LogP contribution in [0.4, 0.5) is 17.1 Å². The molecule has 0 aliphatic carbocycles. The Morgan fingerprint density at radius 3 is 1.87 bits per heavy atom. The zero-order valence-electron chi connectivity index (χ0n) is 17.9. The van der Waals surface area contributed by atoms with Crippen molar-refractivity contribution in [3.05, 3.63) is 41.0 Å². The maximum atomic E-state index is 13.1. The summed E-state index contributed by atoms with van der Waals surface area (Å²) in [6, 6.07) is 5.65. The van der Waals surface area contributed by atoms with Crippen molar-refractivity contribution in [2.45, 2.75) is 25.7 Å². The van der Waals surface area contributed by atoms with Crippen LogP contribution in [0.1, 0.15) is 16.7 Å². The third-order valence-electron chi connectivity index (χ3n) is 4.21. The van der Waals surface area contributed by atoms with E-state index < -0.39 is 30.1 Å². The second-order valence-corrected chi connectivity index (χ2v) is 12.2. The molecule has 172 valence electrons. The van der Waals surface area contributed by atoms with E-state index in [1.807, 2.05) is 0 Å². The fourth-order valence-corrected chi connectivity index (χ4v) is 5.95. The Kier molecular flexibility index (Phi) is 6.83. The molecule has 0 atom stereocenters. The largest absolute Gasteiger partial charge is 0.494 e. The van der Waals surface area contributed by atoms with Crippen molar-refractivity contribution >= 4 is 47.1 Å². The molecule has 0 aromatic heterocycles. The summed E-state index contributed by atoms with van der Waals surface area (Å²) < 4.78 is 84.9. The summed E-state index contributed by atoms with van der Waals surface area (Å²) in [6.45, 7) is 4.80. The van der Waals surface area contributed by atoms with Gasteiger partial charge in [0.15, 0.2) is 0 Å². The number of benzene rings is 2. The van der Waals surface area contributed by atoms with Gasteiger partial charge < -0.3 is 4.74 Å². The zero-order chi connectivity index (χ0) is 23.8. The summed E-state index contributed by atoms with van der Waals surface area (Å²) in [7, 11) is -9.99. The molecule has 0 fully saturated rings. The topological polar surface area (TPSA) is 148 Å². The zero-order valence-corrected chi connectivity index (χ0v) is 20.3. The summed E-state index contributed by atoms with van der Waals surface area (Å²) in [5.41, 5.74) is 1.74. The Morgan fingerprint density at radius 2 is 1.35 bits per heavy atom. The van der Waals surface area contributed by atoms with Crippen molar-refractivity contribution in [1.82, 2.24) is 0 Å². The third kappa shape index (κ3) is 6.24. The Hall–Kier alpha value is -2.51. The van der Waals surface area contributed by atoms with Gasteiger partial charge in [0.2, 0.25) is 20.0 Å². The monoisotopic (exact) mass is 491 g/mol. The summed E-state index contributed by atoms with van der Waals surface area (Å²) >= 11 is 0. The maximum Gasteiger partial charge on any atom is 0.262 e. The number of ether oxygens (including phenoxy) is 1. The molecule has 0 saturated carbocycles. The third-order valence-corrected chi connectivity index (χ3v) is 7.04. The van der Waals surface area contributed by atoms with Crippen LogP contribution in [0.2, 0.25) is 0 Å². The van der Waals surface area contributed by atoms with E-state index in [-0.39, 0.29) is 33.3 Å². The van der Waals surface area contributed by atoms with Crippen LogP contribution in [0.3, 0.4) is 0 Å². The highest BCUT2D eigenvalue weighted by molar-refractivity contribution is 7.93. The van der Waals surface area contributed by atoms with E-state index in [1.54, 1.807) is 19.9 Å². The first-order valence-corrected chi connectivity index (χ1v) is 14.1. The number of aryl methyl sites for hydroxylation is 2. The molecule has 0 bridgehead atoms. The van der Waals surface area contributed by atoms with E-state index >= 15 is 0 Å². The van der Waals surface area contributed by atoms with Gasteiger partial charge in [-0.05, 0) is 49.6 Å². The molecule has 3 N–H and O–H groups in total. The lowest BCUT2D eigenvalue weighted by molar-refractivity contribution is 0.417. The summed E-state index contributed by atoms with van der Waals surface area (Å²) in [5.74, 6) is 0.113. The Bertz CT molecular complexity index is 1330. The Balaban J connectivity index is 2.53. The second-order valence-electron chi connectivity index (χ2n) is 7.11. The fourth-order valence-electron chi connectivity index (χ4n) is 3.17.